The van der Waals surface area contributed by atoms with Crippen molar-refractivity contribution in [3.05, 3.63) is 0 Å². The first-order valence-electron chi connectivity index (χ1n) is 5.25. The Bertz CT molecular complexity index is 101. The molecule has 0 spiro atoms. The molecule has 1 heteroatoms. The third-order valence-electron chi connectivity index (χ3n) is 2.82. The topological polar surface area (TPSA) is 0 Å². The van der Waals surface area contributed by atoms with Crippen LogP contribution in [0.2, 0.25) is 0 Å². The molecular formula is C11H23F. The summed E-state index contributed by atoms with van der Waals surface area (Å²) in [4.78, 5) is 0. The van der Waals surface area contributed by atoms with Gasteiger partial charge in [-0.1, -0.05) is 40.5 Å². The monoisotopic (exact) mass is 174 g/mol. The van der Waals surface area contributed by atoms with Crippen LogP contribution in [-0.2, 0) is 0 Å². The molecule has 0 nitrogen and oxygen atoms in total. The van der Waals surface area contributed by atoms with Crippen LogP contribution in [0.5, 0.6) is 0 Å². The summed E-state index contributed by atoms with van der Waals surface area (Å²) in [7, 11) is 0. The molecule has 0 aliphatic heterocycles. The molecule has 0 saturated heterocycles. The molecule has 0 fully saturated rings. The van der Waals surface area contributed by atoms with Crippen molar-refractivity contribution >= 4 is 0 Å². The molecule has 0 radical (unpaired) electrons. The van der Waals surface area contributed by atoms with Crippen molar-refractivity contribution in [3.8, 4) is 0 Å². The lowest BCUT2D eigenvalue weighted by Gasteiger charge is -2.16. The predicted molar refractivity (Wildman–Crippen MR) is 53.0 cm³/mol. The van der Waals surface area contributed by atoms with Crippen LogP contribution in [0.15, 0.2) is 0 Å². The first kappa shape index (κ1) is 11.9. The smallest absolute Gasteiger partial charge is 0.102 e. The molecule has 0 saturated carbocycles. The Hall–Kier alpha value is -0.0700. The van der Waals surface area contributed by atoms with Crippen LogP contribution >= 0.6 is 0 Å². The molecule has 12 heavy (non-hydrogen) atoms. The number of halogens is 1. The summed E-state index contributed by atoms with van der Waals surface area (Å²) in [6.07, 6.45) is 3.52. The molecule has 2 unspecified atom stereocenters. The molecule has 0 rings (SSSR count). The summed E-state index contributed by atoms with van der Waals surface area (Å²) < 4.78 is 13.1. The standard InChI is InChI=1S/C11H23F/c1-5-9(3)7-8-10(4)11(12)6-2/h9-11H,5-8H2,1-4H3/t9?,10?,11-/m0/s1. The fourth-order valence-electron chi connectivity index (χ4n) is 1.33. The second-order valence-corrected chi connectivity index (χ2v) is 3.99. The number of alkyl halides is 1. The van der Waals surface area contributed by atoms with Crippen molar-refractivity contribution < 1.29 is 4.39 Å². The lowest BCUT2D eigenvalue weighted by atomic mass is 9.93. The van der Waals surface area contributed by atoms with Crippen molar-refractivity contribution in [2.75, 3.05) is 0 Å². The molecule has 3 atom stereocenters. The van der Waals surface area contributed by atoms with Gasteiger partial charge in [-0.05, 0) is 24.7 Å². The number of hydrogen-bond acceptors (Lipinski definition) is 0. The highest BCUT2D eigenvalue weighted by Gasteiger charge is 2.14. The lowest BCUT2D eigenvalue weighted by molar-refractivity contribution is 0.215. The Kier molecular flexibility index (Phi) is 6.41. The van der Waals surface area contributed by atoms with Crippen LogP contribution < -0.4 is 0 Å². The third-order valence-corrected chi connectivity index (χ3v) is 2.82. The fraction of sp³-hybridized carbons (Fsp3) is 1.00. The highest BCUT2D eigenvalue weighted by Crippen LogP contribution is 2.20. The van der Waals surface area contributed by atoms with Gasteiger partial charge in [0, 0.05) is 0 Å². The third kappa shape index (κ3) is 4.74. The van der Waals surface area contributed by atoms with Crippen molar-refractivity contribution in [1.82, 2.24) is 0 Å². The maximum Gasteiger partial charge on any atom is 0.102 e. The summed E-state index contributed by atoms with van der Waals surface area (Å²) in [6.45, 7) is 8.38. The van der Waals surface area contributed by atoms with E-state index in [2.05, 4.69) is 13.8 Å². The van der Waals surface area contributed by atoms with Crippen LogP contribution in [-0.4, -0.2) is 6.17 Å². The van der Waals surface area contributed by atoms with E-state index in [1.54, 1.807) is 0 Å². The average molecular weight is 174 g/mol. The van der Waals surface area contributed by atoms with Gasteiger partial charge in [0.25, 0.3) is 0 Å². The van der Waals surface area contributed by atoms with Crippen LogP contribution in [0.3, 0.4) is 0 Å². The van der Waals surface area contributed by atoms with E-state index in [9.17, 15) is 4.39 Å². The van der Waals surface area contributed by atoms with E-state index in [1.165, 1.54) is 12.8 Å². The molecule has 0 amide bonds. The quantitative estimate of drug-likeness (QED) is 0.566. The Balaban J connectivity index is 3.49. The van der Waals surface area contributed by atoms with Gasteiger partial charge in [0.2, 0.25) is 0 Å². The van der Waals surface area contributed by atoms with E-state index in [4.69, 9.17) is 0 Å². The predicted octanol–water partition coefficient (Wildman–Crippen LogP) is 4.20. The molecule has 0 N–H and O–H groups in total. The number of rotatable bonds is 6. The Morgan fingerprint density at radius 1 is 1.00 bits per heavy atom. The normalized spacial score (nSPS) is 18.8. The first-order chi connectivity index (χ1) is 5.61. The maximum absolute atomic E-state index is 13.1. The molecule has 0 aromatic carbocycles. The van der Waals surface area contributed by atoms with Gasteiger partial charge in [0.15, 0.2) is 0 Å². The molecule has 0 bridgehead atoms. The van der Waals surface area contributed by atoms with Crippen LogP contribution in [0.25, 0.3) is 0 Å². The van der Waals surface area contributed by atoms with Crippen LogP contribution in [0.4, 0.5) is 4.39 Å². The summed E-state index contributed by atoms with van der Waals surface area (Å²) in [5.41, 5.74) is 0. The second kappa shape index (κ2) is 6.45. The van der Waals surface area contributed by atoms with Gasteiger partial charge in [-0.15, -0.1) is 0 Å². The van der Waals surface area contributed by atoms with Crippen LogP contribution in [0, 0.1) is 11.8 Å². The first-order valence-corrected chi connectivity index (χ1v) is 5.25. The van der Waals surface area contributed by atoms with E-state index in [0.29, 0.717) is 6.42 Å². The highest BCUT2D eigenvalue weighted by molar-refractivity contribution is 4.64. The summed E-state index contributed by atoms with van der Waals surface area (Å²) in [6, 6.07) is 0. The molecule has 0 heterocycles. The molecular weight excluding hydrogens is 151 g/mol. The van der Waals surface area contributed by atoms with Gasteiger partial charge in [-0.2, -0.15) is 0 Å². The van der Waals surface area contributed by atoms with E-state index >= 15 is 0 Å². The summed E-state index contributed by atoms with van der Waals surface area (Å²) >= 11 is 0. The summed E-state index contributed by atoms with van der Waals surface area (Å²) in [5.74, 6) is 1.01. The van der Waals surface area contributed by atoms with Gasteiger partial charge in [-0.25, -0.2) is 4.39 Å². The summed E-state index contributed by atoms with van der Waals surface area (Å²) in [5, 5.41) is 0. The molecule has 0 aromatic heterocycles. The zero-order valence-electron chi connectivity index (χ0n) is 8.94. The number of hydrogen-bond donors (Lipinski definition) is 0. The van der Waals surface area contributed by atoms with Gasteiger partial charge in [-0.3, -0.25) is 0 Å². The second-order valence-electron chi connectivity index (χ2n) is 3.99. The van der Waals surface area contributed by atoms with Crippen molar-refractivity contribution in [2.45, 2.75) is 59.5 Å². The van der Waals surface area contributed by atoms with Crippen molar-refractivity contribution in [2.24, 2.45) is 11.8 Å². The van der Waals surface area contributed by atoms with Crippen LogP contribution in [0.1, 0.15) is 53.4 Å². The Labute approximate surface area is 76.6 Å². The molecule has 0 aromatic rings. The van der Waals surface area contributed by atoms with Gasteiger partial charge in [0.05, 0.1) is 0 Å². The maximum atomic E-state index is 13.1. The minimum absolute atomic E-state index is 0.254. The van der Waals surface area contributed by atoms with Gasteiger partial charge >= 0.3 is 0 Å². The Morgan fingerprint density at radius 3 is 2.00 bits per heavy atom. The van der Waals surface area contributed by atoms with E-state index in [1.807, 2.05) is 13.8 Å². The van der Waals surface area contributed by atoms with E-state index in [0.717, 1.165) is 12.3 Å². The zero-order chi connectivity index (χ0) is 9.56. The lowest BCUT2D eigenvalue weighted by Crippen LogP contribution is -2.12. The van der Waals surface area contributed by atoms with Crippen molar-refractivity contribution in [1.29, 1.82) is 0 Å². The highest BCUT2D eigenvalue weighted by atomic mass is 19.1. The fourth-order valence-corrected chi connectivity index (χ4v) is 1.33. The van der Waals surface area contributed by atoms with Gasteiger partial charge in [0.1, 0.15) is 6.17 Å². The molecule has 0 aliphatic carbocycles. The van der Waals surface area contributed by atoms with Gasteiger partial charge < -0.3 is 0 Å². The van der Waals surface area contributed by atoms with E-state index < -0.39 is 6.17 Å². The molecule has 0 aliphatic rings. The average Bonchev–Trinajstić information content (AvgIpc) is 2.11. The molecule has 74 valence electrons. The minimum Gasteiger partial charge on any atom is -0.247 e. The Morgan fingerprint density at radius 2 is 1.58 bits per heavy atom. The minimum atomic E-state index is -0.589. The largest absolute Gasteiger partial charge is 0.247 e. The van der Waals surface area contributed by atoms with E-state index in [-0.39, 0.29) is 5.92 Å². The zero-order valence-corrected chi connectivity index (χ0v) is 8.94. The van der Waals surface area contributed by atoms with Crippen molar-refractivity contribution in [3.63, 3.8) is 0 Å². The SMILES string of the molecule is CCC(C)CCC(C)[C@@H](F)CC.